The van der Waals surface area contributed by atoms with Crippen molar-refractivity contribution < 1.29 is 0 Å². The summed E-state index contributed by atoms with van der Waals surface area (Å²) >= 11 is 0. The molecule has 0 spiro atoms. The van der Waals surface area contributed by atoms with Crippen molar-refractivity contribution in [3.63, 3.8) is 0 Å². The smallest absolute Gasteiger partial charge is 0.126 e. The molecule has 1 aliphatic carbocycles. The molecule has 0 aromatic carbocycles. The van der Waals surface area contributed by atoms with E-state index < -0.39 is 0 Å². The predicted octanol–water partition coefficient (Wildman–Crippen LogP) is 1.93. The summed E-state index contributed by atoms with van der Waals surface area (Å²) < 4.78 is 0. The van der Waals surface area contributed by atoms with Gasteiger partial charge in [-0.1, -0.05) is 19.9 Å². The number of nitrogens with two attached hydrogens (primary N) is 1. The van der Waals surface area contributed by atoms with Crippen molar-refractivity contribution >= 4 is 5.82 Å². The monoisotopic (exact) mass is 205 g/mol. The van der Waals surface area contributed by atoms with E-state index in [0.717, 1.165) is 17.9 Å². The Kier molecular flexibility index (Phi) is 2.43. The molecule has 0 saturated heterocycles. The summed E-state index contributed by atoms with van der Waals surface area (Å²) in [5.74, 6) is 0.958. The minimum absolute atomic E-state index is 0.172. The number of hydrogen-bond acceptors (Lipinski definition) is 3. The second-order valence-electron chi connectivity index (χ2n) is 5.02. The van der Waals surface area contributed by atoms with Crippen LogP contribution in [0.15, 0.2) is 18.2 Å². The quantitative estimate of drug-likeness (QED) is 0.775. The van der Waals surface area contributed by atoms with Gasteiger partial charge in [-0.25, -0.2) is 4.98 Å². The van der Waals surface area contributed by atoms with Gasteiger partial charge >= 0.3 is 0 Å². The van der Waals surface area contributed by atoms with Crippen molar-refractivity contribution in [3.05, 3.63) is 23.9 Å². The number of nitrogens with zero attached hydrogens (tertiary/aromatic N) is 1. The van der Waals surface area contributed by atoms with Gasteiger partial charge in [-0.3, -0.25) is 0 Å². The van der Waals surface area contributed by atoms with Crippen LogP contribution < -0.4 is 11.1 Å². The molecule has 2 unspecified atom stereocenters. The third-order valence-corrected chi connectivity index (χ3v) is 3.55. The Labute approximate surface area is 91.1 Å². The first-order chi connectivity index (χ1) is 7.00. The number of anilines is 1. The molecule has 0 aliphatic heterocycles. The summed E-state index contributed by atoms with van der Waals surface area (Å²) in [6, 6.07) is 6.79. The van der Waals surface area contributed by atoms with E-state index in [9.17, 15) is 0 Å². The lowest BCUT2D eigenvalue weighted by molar-refractivity contribution is 0.117. The molecule has 1 aromatic rings. The summed E-state index contributed by atoms with van der Waals surface area (Å²) in [6.07, 6.45) is 1.03. The number of pyridine rings is 1. The number of aromatic nitrogens is 1. The van der Waals surface area contributed by atoms with Crippen molar-refractivity contribution in [1.82, 2.24) is 4.98 Å². The molecule has 0 amide bonds. The van der Waals surface area contributed by atoms with Gasteiger partial charge in [0, 0.05) is 23.2 Å². The fourth-order valence-corrected chi connectivity index (χ4v) is 2.01. The average molecular weight is 205 g/mol. The fourth-order valence-electron chi connectivity index (χ4n) is 2.01. The number of aryl methyl sites for hydroxylation is 1. The van der Waals surface area contributed by atoms with Crippen LogP contribution in [-0.4, -0.2) is 17.1 Å². The SMILES string of the molecule is Cc1cccc(NC2CC(N)C2(C)C)n1. The maximum Gasteiger partial charge on any atom is 0.126 e. The molecule has 3 N–H and O–H groups in total. The summed E-state index contributed by atoms with van der Waals surface area (Å²) in [6.45, 7) is 6.41. The van der Waals surface area contributed by atoms with Gasteiger partial charge in [0.05, 0.1) is 0 Å². The Hall–Kier alpha value is -1.09. The molecule has 82 valence electrons. The largest absolute Gasteiger partial charge is 0.367 e. The van der Waals surface area contributed by atoms with Crippen LogP contribution in [0.1, 0.15) is 26.0 Å². The Morgan fingerprint density at radius 3 is 2.73 bits per heavy atom. The van der Waals surface area contributed by atoms with Gasteiger partial charge in [0.1, 0.15) is 5.82 Å². The molecule has 15 heavy (non-hydrogen) atoms. The molecular weight excluding hydrogens is 186 g/mol. The highest BCUT2D eigenvalue weighted by molar-refractivity contribution is 5.38. The minimum atomic E-state index is 0.172. The van der Waals surface area contributed by atoms with Gasteiger partial charge in [-0.05, 0) is 25.5 Å². The van der Waals surface area contributed by atoms with Crippen LogP contribution >= 0.6 is 0 Å². The highest BCUT2D eigenvalue weighted by atomic mass is 15.1. The van der Waals surface area contributed by atoms with Crippen molar-refractivity contribution in [3.8, 4) is 0 Å². The summed E-state index contributed by atoms with van der Waals surface area (Å²) in [7, 11) is 0. The van der Waals surface area contributed by atoms with Gasteiger partial charge in [0.2, 0.25) is 0 Å². The maximum atomic E-state index is 5.97. The normalized spacial score (nSPS) is 28.3. The van der Waals surface area contributed by atoms with E-state index in [1.807, 2.05) is 25.1 Å². The summed E-state index contributed by atoms with van der Waals surface area (Å²) in [4.78, 5) is 4.43. The van der Waals surface area contributed by atoms with E-state index in [4.69, 9.17) is 5.73 Å². The second-order valence-corrected chi connectivity index (χ2v) is 5.02. The molecule has 1 aromatic heterocycles. The molecule has 0 radical (unpaired) electrons. The first-order valence-corrected chi connectivity index (χ1v) is 5.46. The zero-order chi connectivity index (χ0) is 11.1. The average Bonchev–Trinajstić information content (AvgIpc) is 2.17. The molecule has 3 heteroatoms. The maximum absolute atomic E-state index is 5.97. The molecule has 2 rings (SSSR count). The lowest BCUT2D eigenvalue weighted by Gasteiger charge is -2.50. The number of rotatable bonds is 2. The van der Waals surface area contributed by atoms with Gasteiger partial charge < -0.3 is 11.1 Å². The molecule has 3 nitrogen and oxygen atoms in total. The standard InChI is InChI=1S/C12H19N3/c1-8-5-4-6-11(14-8)15-10-7-9(13)12(10,2)3/h4-6,9-10H,7,13H2,1-3H3,(H,14,15). The van der Waals surface area contributed by atoms with Crippen molar-refractivity contribution in [2.45, 2.75) is 39.3 Å². The van der Waals surface area contributed by atoms with Crippen LogP contribution in [0.2, 0.25) is 0 Å². The molecule has 1 heterocycles. The van der Waals surface area contributed by atoms with E-state index in [1.165, 1.54) is 0 Å². The Morgan fingerprint density at radius 1 is 1.47 bits per heavy atom. The molecular formula is C12H19N3. The second kappa shape index (κ2) is 3.49. The highest BCUT2D eigenvalue weighted by Gasteiger charge is 2.46. The van der Waals surface area contributed by atoms with Crippen molar-refractivity contribution in [1.29, 1.82) is 0 Å². The van der Waals surface area contributed by atoms with Crippen LogP contribution in [0, 0.1) is 12.3 Å². The molecule has 1 fully saturated rings. The number of nitrogens with one attached hydrogen (secondary N) is 1. The predicted molar refractivity (Wildman–Crippen MR) is 62.8 cm³/mol. The topological polar surface area (TPSA) is 50.9 Å². The lowest BCUT2D eigenvalue weighted by atomic mass is 9.63. The van der Waals surface area contributed by atoms with Gasteiger partial charge in [-0.2, -0.15) is 0 Å². The van der Waals surface area contributed by atoms with Crippen molar-refractivity contribution in [2.24, 2.45) is 11.1 Å². The zero-order valence-corrected chi connectivity index (χ0v) is 9.62. The lowest BCUT2D eigenvalue weighted by Crippen LogP contribution is -2.61. The third-order valence-electron chi connectivity index (χ3n) is 3.55. The van der Waals surface area contributed by atoms with E-state index >= 15 is 0 Å². The molecule has 1 aliphatic rings. The molecule has 2 atom stereocenters. The molecule has 1 saturated carbocycles. The van der Waals surface area contributed by atoms with Crippen LogP contribution in [-0.2, 0) is 0 Å². The van der Waals surface area contributed by atoms with Crippen LogP contribution in [0.3, 0.4) is 0 Å². The Balaban J connectivity index is 2.05. The Bertz CT molecular complexity index is 360. The van der Waals surface area contributed by atoms with E-state index in [-0.39, 0.29) is 5.41 Å². The molecule has 0 bridgehead atoms. The van der Waals surface area contributed by atoms with Crippen LogP contribution in [0.25, 0.3) is 0 Å². The van der Waals surface area contributed by atoms with Gasteiger partial charge in [0.25, 0.3) is 0 Å². The first-order valence-electron chi connectivity index (χ1n) is 5.46. The van der Waals surface area contributed by atoms with E-state index in [0.29, 0.717) is 12.1 Å². The van der Waals surface area contributed by atoms with Gasteiger partial charge in [-0.15, -0.1) is 0 Å². The van der Waals surface area contributed by atoms with Crippen LogP contribution in [0.4, 0.5) is 5.82 Å². The van der Waals surface area contributed by atoms with E-state index in [1.54, 1.807) is 0 Å². The first kappa shape index (κ1) is 10.4. The van der Waals surface area contributed by atoms with E-state index in [2.05, 4.69) is 24.1 Å². The van der Waals surface area contributed by atoms with Crippen molar-refractivity contribution in [2.75, 3.05) is 5.32 Å². The highest BCUT2D eigenvalue weighted by Crippen LogP contribution is 2.40. The third kappa shape index (κ3) is 1.84. The minimum Gasteiger partial charge on any atom is -0.367 e. The van der Waals surface area contributed by atoms with Crippen LogP contribution in [0.5, 0.6) is 0 Å². The Morgan fingerprint density at radius 2 is 2.20 bits per heavy atom. The zero-order valence-electron chi connectivity index (χ0n) is 9.62. The summed E-state index contributed by atoms with van der Waals surface area (Å²) in [5.41, 5.74) is 7.18. The fraction of sp³-hybridized carbons (Fsp3) is 0.583. The summed E-state index contributed by atoms with van der Waals surface area (Å²) in [5, 5.41) is 3.45. The van der Waals surface area contributed by atoms with Gasteiger partial charge in [0.15, 0.2) is 0 Å². The number of hydrogen-bond donors (Lipinski definition) is 2.